The lowest BCUT2D eigenvalue weighted by Crippen LogP contribution is -2.15. The number of carbonyl (C=O) groups excluding carboxylic acids is 1. The summed E-state index contributed by atoms with van der Waals surface area (Å²) in [4.78, 5) is 25.9. The first-order valence-corrected chi connectivity index (χ1v) is 11.0. The molecule has 0 saturated heterocycles. The molecule has 0 aliphatic carbocycles. The van der Waals surface area contributed by atoms with Crippen molar-refractivity contribution in [2.45, 2.75) is 19.5 Å². The molecule has 0 saturated carbocycles. The topological polar surface area (TPSA) is 85.6 Å². The van der Waals surface area contributed by atoms with Crippen LogP contribution in [0.5, 0.6) is 0 Å². The van der Waals surface area contributed by atoms with Crippen LogP contribution >= 0.6 is 0 Å². The molecule has 2 aromatic carbocycles. The summed E-state index contributed by atoms with van der Waals surface area (Å²) in [5.74, 6) is 0.0703. The third-order valence-corrected chi connectivity index (χ3v) is 5.43. The van der Waals surface area contributed by atoms with E-state index < -0.39 is 17.6 Å². The maximum absolute atomic E-state index is 13.0. The molecule has 180 valence electrons. The maximum atomic E-state index is 13.0. The van der Waals surface area contributed by atoms with Gasteiger partial charge in [-0.25, -0.2) is 9.67 Å². The monoisotopic (exact) mass is 488 g/mol. The first-order chi connectivity index (χ1) is 17.3. The Kier molecular flexibility index (Phi) is 5.93. The Morgan fingerprint density at radius 1 is 0.944 bits per heavy atom. The Labute approximate surface area is 203 Å². The molecular weight excluding hydrogens is 469 g/mol. The second kappa shape index (κ2) is 9.21. The average molecular weight is 488 g/mol. The number of alkyl halides is 3. The molecule has 3 heterocycles. The van der Waals surface area contributed by atoms with E-state index in [1.165, 1.54) is 12.1 Å². The van der Waals surface area contributed by atoms with Gasteiger partial charge in [0.05, 0.1) is 34.4 Å². The van der Waals surface area contributed by atoms with Crippen LogP contribution in [0.1, 0.15) is 17.0 Å². The van der Waals surface area contributed by atoms with E-state index in [0.29, 0.717) is 22.7 Å². The van der Waals surface area contributed by atoms with E-state index in [4.69, 9.17) is 0 Å². The first-order valence-electron chi connectivity index (χ1n) is 11.0. The predicted octanol–water partition coefficient (Wildman–Crippen LogP) is 5.39. The molecule has 3 aromatic heterocycles. The summed E-state index contributed by atoms with van der Waals surface area (Å²) in [6.45, 7) is 1.86. The number of nitrogens with zero attached hydrogens (tertiary/aromatic N) is 5. The molecule has 0 fully saturated rings. The second-order valence-corrected chi connectivity index (χ2v) is 8.13. The maximum Gasteiger partial charge on any atom is 0.416 e. The lowest BCUT2D eigenvalue weighted by Gasteiger charge is -2.09. The molecule has 5 aromatic rings. The number of pyridine rings is 1. The highest BCUT2D eigenvalue weighted by molar-refractivity contribution is 5.92. The molecule has 0 aliphatic heterocycles. The Hall–Kier alpha value is -4.60. The van der Waals surface area contributed by atoms with E-state index in [1.807, 2.05) is 37.3 Å². The number of aryl methyl sites for hydroxylation is 1. The summed E-state index contributed by atoms with van der Waals surface area (Å²) in [5, 5.41) is 7.12. The fraction of sp³-hybridized carbons (Fsp3) is 0.115. The van der Waals surface area contributed by atoms with Gasteiger partial charge in [-0.1, -0.05) is 18.2 Å². The van der Waals surface area contributed by atoms with Gasteiger partial charge in [0.25, 0.3) is 0 Å². The van der Waals surface area contributed by atoms with Crippen LogP contribution in [0, 0.1) is 6.92 Å². The highest BCUT2D eigenvalue weighted by atomic mass is 19.4. The van der Waals surface area contributed by atoms with E-state index in [0.717, 1.165) is 28.9 Å². The number of hydrogen-bond acceptors (Lipinski definition) is 5. The van der Waals surface area contributed by atoms with E-state index in [9.17, 15) is 18.0 Å². The molecule has 0 spiro atoms. The zero-order chi connectivity index (χ0) is 25.3. The van der Waals surface area contributed by atoms with Crippen molar-refractivity contribution in [2.75, 3.05) is 5.32 Å². The van der Waals surface area contributed by atoms with Crippen molar-refractivity contribution in [1.82, 2.24) is 24.7 Å². The van der Waals surface area contributed by atoms with Crippen molar-refractivity contribution >= 4 is 22.6 Å². The van der Waals surface area contributed by atoms with Crippen LogP contribution in [0.3, 0.4) is 0 Å². The van der Waals surface area contributed by atoms with Crippen LogP contribution in [0.2, 0.25) is 0 Å². The normalized spacial score (nSPS) is 11.6. The van der Waals surface area contributed by atoms with Gasteiger partial charge in [-0.15, -0.1) is 0 Å². The number of benzene rings is 2. The molecule has 0 bridgehead atoms. The number of nitrogens with one attached hydrogen (secondary N) is 1. The number of rotatable bonds is 5. The fourth-order valence-corrected chi connectivity index (χ4v) is 3.81. The van der Waals surface area contributed by atoms with Gasteiger partial charge < -0.3 is 5.32 Å². The van der Waals surface area contributed by atoms with Crippen molar-refractivity contribution in [2.24, 2.45) is 0 Å². The van der Waals surface area contributed by atoms with Crippen molar-refractivity contribution in [3.8, 4) is 17.1 Å². The van der Waals surface area contributed by atoms with Crippen LogP contribution in [0.15, 0.2) is 79.1 Å². The number of halogens is 3. The number of amides is 1. The quantitative estimate of drug-likeness (QED) is 0.359. The minimum absolute atomic E-state index is 0.0583. The Bertz CT molecular complexity index is 1580. The predicted molar refractivity (Wildman–Crippen MR) is 128 cm³/mol. The van der Waals surface area contributed by atoms with Gasteiger partial charge >= 0.3 is 6.18 Å². The van der Waals surface area contributed by atoms with Crippen LogP contribution in [0.4, 0.5) is 18.9 Å². The SMILES string of the molecule is Cc1cccc(-n2nc(CC(=O)Nc3cccc(C(F)(F)F)c3)cc2-c2ccc3nccnc3c2)n1. The molecule has 1 amide bonds. The minimum Gasteiger partial charge on any atom is -0.326 e. The summed E-state index contributed by atoms with van der Waals surface area (Å²) < 4.78 is 40.7. The lowest BCUT2D eigenvalue weighted by molar-refractivity contribution is -0.137. The minimum atomic E-state index is -4.50. The molecule has 36 heavy (non-hydrogen) atoms. The van der Waals surface area contributed by atoms with Gasteiger partial charge in [0.2, 0.25) is 5.91 Å². The van der Waals surface area contributed by atoms with Crippen LogP contribution < -0.4 is 5.32 Å². The largest absolute Gasteiger partial charge is 0.416 e. The molecule has 0 unspecified atom stereocenters. The molecule has 0 aliphatic rings. The fourth-order valence-electron chi connectivity index (χ4n) is 3.81. The van der Waals surface area contributed by atoms with E-state index in [2.05, 4.69) is 25.4 Å². The van der Waals surface area contributed by atoms with Crippen molar-refractivity contribution in [3.05, 3.63) is 96.1 Å². The molecular formula is C26H19F3N6O. The zero-order valence-corrected chi connectivity index (χ0v) is 19.0. The van der Waals surface area contributed by atoms with Gasteiger partial charge in [0.1, 0.15) is 0 Å². The number of hydrogen-bond donors (Lipinski definition) is 1. The van der Waals surface area contributed by atoms with Crippen molar-refractivity contribution in [3.63, 3.8) is 0 Å². The van der Waals surface area contributed by atoms with Gasteiger partial charge in [-0.3, -0.25) is 14.8 Å². The van der Waals surface area contributed by atoms with Gasteiger partial charge in [-0.2, -0.15) is 18.3 Å². The summed E-state index contributed by atoms with van der Waals surface area (Å²) in [6.07, 6.45) is -1.42. The average Bonchev–Trinajstić information content (AvgIpc) is 3.27. The van der Waals surface area contributed by atoms with Crippen molar-refractivity contribution < 1.29 is 18.0 Å². The summed E-state index contributed by atoms with van der Waals surface area (Å²) in [5.41, 5.74) is 3.36. The summed E-state index contributed by atoms with van der Waals surface area (Å²) in [7, 11) is 0. The second-order valence-electron chi connectivity index (χ2n) is 8.13. The molecule has 0 atom stereocenters. The van der Waals surface area contributed by atoms with E-state index in [1.54, 1.807) is 29.2 Å². The molecule has 1 N–H and O–H groups in total. The third kappa shape index (κ3) is 4.92. The summed E-state index contributed by atoms with van der Waals surface area (Å²) >= 11 is 0. The lowest BCUT2D eigenvalue weighted by atomic mass is 10.1. The summed E-state index contributed by atoms with van der Waals surface area (Å²) in [6, 6.07) is 17.4. The highest BCUT2D eigenvalue weighted by Gasteiger charge is 2.30. The van der Waals surface area contributed by atoms with E-state index >= 15 is 0 Å². The zero-order valence-electron chi connectivity index (χ0n) is 19.0. The Balaban J connectivity index is 1.48. The molecule has 0 radical (unpaired) electrons. The molecule has 5 rings (SSSR count). The van der Waals surface area contributed by atoms with Gasteiger partial charge in [0.15, 0.2) is 5.82 Å². The Morgan fingerprint density at radius 2 is 1.72 bits per heavy atom. The molecule has 7 nitrogen and oxygen atoms in total. The first kappa shape index (κ1) is 23.2. The highest BCUT2D eigenvalue weighted by Crippen LogP contribution is 2.31. The number of aromatic nitrogens is 5. The van der Waals surface area contributed by atoms with Crippen LogP contribution in [0.25, 0.3) is 28.1 Å². The Morgan fingerprint density at radius 3 is 2.50 bits per heavy atom. The van der Waals surface area contributed by atoms with Crippen LogP contribution in [-0.4, -0.2) is 30.6 Å². The number of anilines is 1. The number of carbonyl (C=O) groups is 1. The molecule has 10 heteroatoms. The van der Waals surface area contributed by atoms with Gasteiger partial charge in [-0.05, 0) is 55.5 Å². The number of fused-ring (bicyclic) bond motifs is 1. The van der Waals surface area contributed by atoms with E-state index in [-0.39, 0.29) is 12.1 Å². The van der Waals surface area contributed by atoms with Crippen molar-refractivity contribution in [1.29, 1.82) is 0 Å². The van der Waals surface area contributed by atoms with Crippen LogP contribution in [-0.2, 0) is 17.4 Å². The smallest absolute Gasteiger partial charge is 0.326 e. The third-order valence-electron chi connectivity index (χ3n) is 5.43. The standard InChI is InChI=1S/C26H19F3N6O/c1-16-4-2-7-24(32-16)35-23(17-8-9-21-22(12-17)31-11-10-30-21)14-20(34-35)15-25(36)33-19-6-3-5-18(13-19)26(27,28)29/h2-14H,15H2,1H3,(H,33,36). The van der Waals surface area contributed by atoms with Gasteiger partial charge in [0, 0.05) is 29.3 Å².